The number of anilines is 1. The van der Waals surface area contributed by atoms with Gasteiger partial charge in [-0.1, -0.05) is 0 Å². The lowest BCUT2D eigenvalue weighted by Crippen LogP contribution is -2.13. The number of ether oxygens (including phenoxy) is 1. The van der Waals surface area contributed by atoms with Crippen LogP contribution in [0.25, 0.3) is 0 Å². The second kappa shape index (κ2) is 5.52. The van der Waals surface area contributed by atoms with Crippen LogP contribution in [0.4, 0.5) is 5.69 Å². The van der Waals surface area contributed by atoms with Gasteiger partial charge in [0, 0.05) is 18.1 Å². The quantitative estimate of drug-likeness (QED) is 0.918. The molecule has 0 aliphatic heterocycles. The van der Waals surface area contributed by atoms with E-state index in [1.807, 2.05) is 26.0 Å². The minimum absolute atomic E-state index is 0.166. The van der Waals surface area contributed by atoms with Crippen LogP contribution in [0.2, 0.25) is 0 Å². The Labute approximate surface area is 112 Å². The first kappa shape index (κ1) is 13.1. The molecule has 1 N–H and O–H groups in total. The summed E-state index contributed by atoms with van der Waals surface area (Å²) in [5, 5.41) is 2.88. The van der Waals surface area contributed by atoms with Crippen LogP contribution in [0, 0.1) is 13.8 Å². The maximum atomic E-state index is 12.0. The molecule has 0 aliphatic carbocycles. The van der Waals surface area contributed by atoms with Crippen molar-refractivity contribution in [2.75, 3.05) is 12.4 Å². The lowest BCUT2D eigenvalue weighted by molar-refractivity contribution is 0.102. The zero-order chi connectivity index (χ0) is 13.8. The molecule has 1 aromatic carbocycles. The smallest absolute Gasteiger partial charge is 0.257 e. The summed E-state index contributed by atoms with van der Waals surface area (Å²) in [5.74, 6) is 0.651. The highest BCUT2D eigenvalue weighted by atomic mass is 16.5. The molecule has 4 nitrogen and oxygen atoms in total. The van der Waals surface area contributed by atoms with Gasteiger partial charge in [-0.25, -0.2) is 0 Å². The zero-order valence-electron chi connectivity index (χ0n) is 11.2. The second-order valence-corrected chi connectivity index (χ2v) is 4.26. The number of methoxy groups -OCH3 is 1. The summed E-state index contributed by atoms with van der Waals surface area (Å²) in [6, 6.07) is 7.16. The van der Waals surface area contributed by atoms with E-state index in [1.165, 1.54) is 0 Å². The number of hydrogen-bond acceptors (Lipinski definition) is 3. The van der Waals surface area contributed by atoms with Crippen molar-refractivity contribution in [1.82, 2.24) is 4.98 Å². The fraction of sp³-hybridized carbons (Fsp3) is 0.200. The van der Waals surface area contributed by atoms with E-state index in [0.717, 1.165) is 22.6 Å². The van der Waals surface area contributed by atoms with Gasteiger partial charge in [-0.3, -0.25) is 9.78 Å². The molecule has 2 aromatic rings. The number of carbonyl (C=O) groups excluding carboxylic acids is 1. The normalized spacial score (nSPS) is 10.1. The number of carbonyl (C=O) groups is 1. The number of pyridine rings is 1. The maximum absolute atomic E-state index is 12.0. The van der Waals surface area contributed by atoms with Crippen molar-refractivity contribution in [3.63, 3.8) is 0 Å². The van der Waals surface area contributed by atoms with Crippen molar-refractivity contribution >= 4 is 11.6 Å². The Kier molecular flexibility index (Phi) is 3.80. The number of nitrogens with zero attached hydrogens (tertiary/aromatic N) is 1. The van der Waals surface area contributed by atoms with Crippen LogP contribution in [0.1, 0.15) is 21.5 Å². The Morgan fingerprint density at radius 1 is 1.21 bits per heavy atom. The van der Waals surface area contributed by atoms with E-state index in [1.54, 1.807) is 31.6 Å². The van der Waals surface area contributed by atoms with E-state index in [-0.39, 0.29) is 5.91 Å². The molecule has 0 unspecified atom stereocenters. The van der Waals surface area contributed by atoms with Crippen molar-refractivity contribution in [3.05, 3.63) is 53.3 Å². The van der Waals surface area contributed by atoms with Crippen LogP contribution >= 0.6 is 0 Å². The van der Waals surface area contributed by atoms with Crippen molar-refractivity contribution in [3.8, 4) is 5.75 Å². The molecule has 98 valence electrons. The molecule has 19 heavy (non-hydrogen) atoms. The summed E-state index contributed by atoms with van der Waals surface area (Å²) in [5.41, 5.74) is 3.34. The van der Waals surface area contributed by atoms with E-state index in [2.05, 4.69) is 10.3 Å². The zero-order valence-corrected chi connectivity index (χ0v) is 11.2. The molecule has 1 heterocycles. The summed E-state index contributed by atoms with van der Waals surface area (Å²) in [6.45, 7) is 3.92. The number of nitrogens with one attached hydrogen (secondary N) is 1. The Morgan fingerprint density at radius 3 is 2.63 bits per heavy atom. The summed E-state index contributed by atoms with van der Waals surface area (Å²) >= 11 is 0. The van der Waals surface area contributed by atoms with Gasteiger partial charge in [-0.05, 0) is 49.2 Å². The number of aromatic nitrogens is 1. The van der Waals surface area contributed by atoms with Crippen LogP contribution in [0.5, 0.6) is 5.75 Å². The third kappa shape index (κ3) is 2.73. The van der Waals surface area contributed by atoms with Crippen molar-refractivity contribution in [2.24, 2.45) is 0 Å². The monoisotopic (exact) mass is 256 g/mol. The van der Waals surface area contributed by atoms with Gasteiger partial charge < -0.3 is 10.1 Å². The lowest BCUT2D eigenvalue weighted by Gasteiger charge is -2.13. The molecule has 0 saturated carbocycles. The van der Waals surface area contributed by atoms with Gasteiger partial charge in [-0.15, -0.1) is 0 Å². The highest BCUT2D eigenvalue weighted by Gasteiger charge is 2.10. The van der Waals surface area contributed by atoms with E-state index >= 15 is 0 Å². The molecule has 1 amide bonds. The minimum atomic E-state index is -0.166. The van der Waals surface area contributed by atoms with Crippen molar-refractivity contribution < 1.29 is 9.53 Å². The van der Waals surface area contributed by atoms with Crippen LogP contribution in [-0.4, -0.2) is 18.0 Å². The van der Waals surface area contributed by atoms with Crippen LogP contribution in [-0.2, 0) is 0 Å². The van der Waals surface area contributed by atoms with Gasteiger partial charge in [-0.2, -0.15) is 0 Å². The summed E-state index contributed by atoms with van der Waals surface area (Å²) < 4.78 is 5.25. The van der Waals surface area contributed by atoms with Gasteiger partial charge >= 0.3 is 0 Å². The molecule has 1 aromatic heterocycles. The van der Waals surface area contributed by atoms with Gasteiger partial charge in [0.15, 0.2) is 0 Å². The number of benzene rings is 1. The van der Waals surface area contributed by atoms with Crippen molar-refractivity contribution in [1.29, 1.82) is 0 Å². The van der Waals surface area contributed by atoms with Crippen LogP contribution in [0.15, 0.2) is 36.7 Å². The Morgan fingerprint density at radius 2 is 2.00 bits per heavy atom. The molecule has 0 bridgehead atoms. The van der Waals surface area contributed by atoms with Gasteiger partial charge in [0.1, 0.15) is 5.75 Å². The standard InChI is InChI=1S/C15H16N2O2/c1-10-11(2)14(19-3)7-6-13(10)17-15(18)12-5-4-8-16-9-12/h4-9H,1-3H3,(H,17,18). The lowest BCUT2D eigenvalue weighted by atomic mass is 10.1. The first-order chi connectivity index (χ1) is 9.13. The maximum Gasteiger partial charge on any atom is 0.257 e. The fourth-order valence-corrected chi connectivity index (χ4v) is 1.84. The van der Waals surface area contributed by atoms with Gasteiger partial charge in [0.25, 0.3) is 5.91 Å². The third-order valence-corrected chi connectivity index (χ3v) is 3.13. The first-order valence-electron chi connectivity index (χ1n) is 5.99. The Hall–Kier alpha value is -2.36. The number of rotatable bonds is 3. The molecular formula is C15H16N2O2. The predicted molar refractivity (Wildman–Crippen MR) is 74.7 cm³/mol. The first-order valence-corrected chi connectivity index (χ1v) is 5.99. The highest BCUT2D eigenvalue weighted by Crippen LogP contribution is 2.27. The predicted octanol–water partition coefficient (Wildman–Crippen LogP) is 2.96. The molecular weight excluding hydrogens is 240 g/mol. The summed E-state index contributed by atoms with van der Waals surface area (Å²) in [4.78, 5) is 16.0. The molecule has 0 radical (unpaired) electrons. The van der Waals surface area contributed by atoms with Gasteiger partial charge in [0.2, 0.25) is 0 Å². The van der Waals surface area contributed by atoms with Gasteiger partial charge in [0.05, 0.1) is 12.7 Å². The topological polar surface area (TPSA) is 51.2 Å². The molecule has 4 heteroatoms. The number of amides is 1. The number of hydrogen-bond donors (Lipinski definition) is 1. The second-order valence-electron chi connectivity index (χ2n) is 4.26. The Bertz CT molecular complexity index is 595. The average molecular weight is 256 g/mol. The molecule has 0 saturated heterocycles. The summed E-state index contributed by atoms with van der Waals surface area (Å²) in [6.07, 6.45) is 3.18. The average Bonchev–Trinajstić information content (AvgIpc) is 2.45. The minimum Gasteiger partial charge on any atom is -0.496 e. The third-order valence-electron chi connectivity index (χ3n) is 3.13. The van der Waals surface area contributed by atoms with E-state index in [4.69, 9.17) is 4.74 Å². The van der Waals surface area contributed by atoms with E-state index < -0.39 is 0 Å². The van der Waals surface area contributed by atoms with Crippen LogP contribution < -0.4 is 10.1 Å². The van der Waals surface area contributed by atoms with E-state index in [9.17, 15) is 4.79 Å². The largest absolute Gasteiger partial charge is 0.496 e. The molecule has 0 atom stereocenters. The Balaban J connectivity index is 2.25. The molecule has 0 aliphatic rings. The molecule has 0 fully saturated rings. The molecule has 2 rings (SSSR count). The van der Waals surface area contributed by atoms with E-state index in [0.29, 0.717) is 5.56 Å². The molecule has 0 spiro atoms. The van der Waals surface area contributed by atoms with Crippen LogP contribution in [0.3, 0.4) is 0 Å². The van der Waals surface area contributed by atoms with Crippen molar-refractivity contribution in [2.45, 2.75) is 13.8 Å². The fourth-order valence-electron chi connectivity index (χ4n) is 1.84. The highest BCUT2D eigenvalue weighted by molar-refractivity contribution is 6.04. The summed E-state index contributed by atoms with van der Waals surface area (Å²) in [7, 11) is 1.63. The SMILES string of the molecule is COc1ccc(NC(=O)c2cccnc2)c(C)c1C.